The van der Waals surface area contributed by atoms with E-state index in [1.807, 2.05) is 20.8 Å². The molecule has 1 aromatic carbocycles. The highest BCUT2D eigenvalue weighted by atomic mass is 35.5. The van der Waals surface area contributed by atoms with Gasteiger partial charge in [-0.05, 0) is 44.0 Å². The van der Waals surface area contributed by atoms with Crippen LogP contribution in [0.25, 0.3) is 0 Å². The lowest BCUT2D eigenvalue weighted by Gasteiger charge is -2.29. The average Bonchev–Trinajstić information content (AvgIpc) is 2.39. The molecule has 124 valence electrons. The largest absolute Gasteiger partial charge is 0.352 e. The fourth-order valence-electron chi connectivity index (χ4n) is 1.91. The molecule has 1 N–H and O–H groups in total. The first kappa shape index (κ1) is 18.8. The Hall–Kier alpha value is -1.27. The molecule has 22 heavy (non-hydrogen) atoms. The number of nitrogens with one attached hydrogen (secondary N) is 1. The molecular formula is C15H23ClN2O3S. The van der Waals surface area contributed by atoms with Gasteiger partial charge in [-0.15, -0.1) is 0 Å². The van der Waals surface area contributed by atoms with Gasteiger partial charge in [0.1, 0.15) is 6.04 Å². The topological polar surface area (TPSA) is 66.5 Å². The van der Waals surface area contributed by atoms with Crippen LogP contribution in [0.4, 0.5) is 5.69 Å². The number of nitrogens with zero attached hydrogens (tertiary/aromatic N) is 1. The quantitative estimate of drug-likeness (QED) is 0.861. The second kappa shape index (κ2) is 7.33. The number of amides is 1. The molecule has 5 nitrogen and oxygen atoms in total. The van der Waals surface area contributed by atoms with E-state index in [2.05, 4.69) is 5.32 Å². The summed E-state index contributed by atoms with van der Waals surface area (Å²) < 4.78 is 25.3. The molecule has 1 aromatic rings. The summed E-state index contributed by atoms with van der Waals surface area (Å²) in [7, 11) is -3.60. The van der Waals surface area contributed by atoms with Gasteiger partial charge in [0.25, 0.3) is 0 Å². The van der Waals surface area contributed by atoms with Crippen LogP contribution < -0.4 is 9.62 Å². The number of carbonyl (C=O) groups excluding carboxylic acids is 1. The normalized spacial score (nSPS) is 14.5. The minimum Gasteiger partial charge on any atom is -0.352 e. The molecule has 0 heterocycles. The van der Waals surface area contributed by atoms with Crippen molar-refractivity contribution in [2.75, 3.05) is 10.6 Å². The fraction of sp³-hybridized carbons (Fsp3) is 0.533. The lowest BCUT2D eigenvalue weighted by molar-refractivity contribution is -0.122. The zero-order chi connectivity index (χ0) is 17.1. The third kappa shape index (κ3) is 4.88. The first-order chi connectivity index (χ1) is 10.0. The zero-order valence-corrected chi connectivity index (χ0v) is 15.1. The van der Waals surface area contributed by atoms with Crippen LogP contribution >= 0.6 is 11.6 Å². The van der Waals surface area contributed by atoms with Crippen LogP contribution in [-0.2, 0) is 14.8 Å². The van der Waals surface area contributed by atoms with E-state index in [-0.39, 0.29) is 17.9 Å². The van der Waals surface area contributed by atoms with Gasteiger partial charge in [0.05, 0.1) is 11.9 Å². The molecule has 0 radical (unpaired) electrons. The van der Waals surface area contributed by atoms with Crippen molar-refractivity contribution < 1.29 is 13.2 Å². The molecule has 0 aromatic heterocycles. The molecule has 0 aliphatic carbocycles. The summed E-state index contributed by atoms with van der Waals surface area (Å²) in [5.41, 5.74) is 0.409. The molecule has 2 atom stereocenters. The van der Waals surface area contributed by atoms with Gasteiger partial charge in [0, 0.05) is 11.1 Å². The molecule has 7 heteroatoms. The number of carbonyl (C=O) groups is 1. The monoisotopic (exact) mass is 346 g/mol. The summed E-state index contributed by atoms with van der Waals surface area (Å²) in [6.07, 6.45) is 1.08. The Labute approximate surface area is 137 Å². The zero-order valence-electron chi connectivity index (χ0n) is 13.5. The van der Waals surface area contributed by atoms with Crippen molar-refractivity contribution in [3.63, 3.8) is 0 Å². The van der Waals surface area contributed by atoms with Gasteiger partial charge in [0.2, 0.25) is 15.9 Å². The number of anilines is 1. The Morgan fingerprint density at radius 3 is 2.05 bits per heavy atom. The molecule has 0 aliphatic rings. The van der Waals surface area contributed by atoms with Crippen LogP contribution in [0.5, 0.6) is 0 Å². The standard InChI is InChI=1S/C15H23ClN2O3S/c1-10(2)11(3)17-15(19)12(4)18(22(5,20)21)14-8-6-13(16)7-9-14/h6-12H,1-5H3,(H,17,19)/t11-,12+/m1/s1. The Kier molecular flexibility index (Phi) is 6.26. The lowest BCUT2D eigenvalue weighted by atomic mass is 10.1. The van der Waals surface area contributed by atoms with Crippen LogP contribution in [0.3, 0.4) is 0 Å². The van der Waals surface area contributed by atoms with Crippen molar-refractivity contribution in [1.29, 1.82) is 0 Å². The SMILES string of the molecule is CC(C)[C@@H](C)NC(=O)[C@H](C)N(c1ccc(Cl)cc1)S(C)(=O)=O. The molecule has 0 bridgehead atoms. The van der Waals surface area contributed by atoms with E-state index in [0.29, 0.717) is 10.7 Å². The molecule has 0 saturated heterocycles. The summed E-state index contributed by atoms with van der Waals surface area (Å²) in [5, 5.41) is 3.34. The fourth-order valence-corrected chi connectivity index (χ4v) is 3.21. The number of benzene rings is 1. The van der Waals surface area contributed by atoms with E-state index in [9.17, 15) is 13.2 Å². The van der Waals surface area contributed by atoms with E-state index < -0.39 is 16.1 Å². The van der Waals surface area contributed by atoms with Crippen LogP contribution in [0.2, 0.25) is 5.02 Å². The summed E-state index contributed by atoms with van der Waals surface area (Å²) in [6.45, 7) is 7.44. The van der Waals surface area contributed by atoms with Gasteiger partial charge in [-0.3, -0.25) is 9.10 Å². The van der Waals surface area contributed by atoms with Crippen molar-refractivity contribution in [2.45, 2.75) is 39.8 Å². The van der Waals surface area contributed by atoms with Crippen molar-refractivity contribution in [3.8, 4) is 0 Å². The van der Waals surface area contributed by atoms with Gasteiger partial charge in [-0.2, -0.15) is 0 Å². The Balaban J connectivity index is 3.08. The molecule has 0 saturated carbocycles. The molecular weight excluding hydrogens is 324 g/mol. The van der Waals surface area contributed by atoms with Gasteiger partial charge < -0.3 is 5.32 Å². The number of hydrogen-bond acceptors (Lipinski definition) is 3. The van der Waals surface area contributed by atoms with Crippen LogP contribution in [0.15, 0.2) is 24.3 Å². The van der Waals surface area contributed by atoms with Gasteiger partial charge in [0.15, 0.2) is 0 Å². The maximum Gasteiger partial charge on any atom is 0.243 e. The van der Waals surface area contributed by atoms with Crippen molar-refractivity contribution in [2.24, 2.45) is 5.92 Å². The molecule has 1 rings (SSSR count). The Morgan fingerprint density at radius 1 is 1.14 bits per heavy atom. The summed E-state index contributed by atoms with van der Waals surface area (Å²) in [6, 6.07) is 5.46. The molecule has 0 unspecified atom stereocenters. The van der Waals surface area contributed by atoms with Gasteiger partial charge in [-0.1, -0.05) is 25.4 Å². The third-order valence-electron chi connectivity index (χ3n) is 3.54. The molecule has 1 amide bonds. The van der Waals surface area contributed by atoms with Gasteiger partial charge >= 0.3 is 0 Å². The molecule has 0 spiro atoms. The first-order valence-corrected chi connectivity index (χ1v) is 9.32. The van der Waals surface area contributed by atoms with Crippen molar-refractivity contribution in [3.05, 3.63) is 29.3 Å². The number of sulfonamides is 1. The predicted octanol–water partition coefficient (Wildman–Crippen LogP) is 2.66. The highest BCUT2D eigenvalue weighted by molar-refractivity contribution is 7.92. The second-order valence-corrected chi connectivity index (χ2v) is 8.05. The van der Waals surface area contributed by atoms with E-state index >= 15 is 0 Å². The first-order valence-electron chi connectivity index (χ1n) is 7.09. The maximum absolute atomic E-state index is 12.3. The number of halogens is 1. The lowest BCUT2D eigenvalue weighted by Crippen LogP contribution is -2.50. The highest BCUT2D eigenvalue weighted by Crippen LogP contribution is 2.23. The van der Waals surface area contributed by atoms with Gasteiger partial charge in [-0.25, -0.2) is 8.42 Å². The minimum atomic E-state index is -3.60. The smallest absolute Gasteiger partial charge is 0.243 e. The Morgan fingerprint density at radius 2 is 1.64 bits per heavy atom. The van der Waals surface area contributed by atoms with Crippen LogP contribution in [0.1, 0.15) is 27.7 Å². The molecule has 0 aliphatic heterocycles. The van der Waals surface area contributed by atoms with E-state index in [1.165, 1.54) is 0 Å². The van der Waals surface area contributed by atoms with Crippen LogP contribution in [-0.4, -0.2) is 32.7 Å². The van der Waals surface area contributed by atoms with Crippen molar-refractivity contribution >= 4 is 33.2 Å². The minimum absolute atomic E-state index is 0.0402. The summed E-state index contributed by atoms with van der Waals surface area (Å²) >= 11 is 5.83. The van der Waals surface area contributed by atoms with E-state index in [1.54, 1.807) is 31.2 Å². The average molecular weight is 347 g/mol. The highest BCUT2D eigenvalue weighted by Gasteiger charge is 2.29. The summed E-state index contributed by atoms with van der Waals surface area (Å²) in [4.78, 5) is 12.3. The predicted molar refractivity (Wildman–Crippen MR) is 90.7 cm³/mol. The maximum atomic E-state index is 12.3. The van der Waals surface area contributed by atoms with Crippen molar-refractivity contribution in [1.82, 2.24) is 5.32 Å². The van der Waals surface area contributed by atoms with E-state index in [4.69, 9.17) is 11.6 Å². The van der Waals surface area contributed by atoms with Crippen LogP contribution in [0, 0.1) is 5.92 Å². The summed E-state index contributed by atoms with van der Waals surface area (Å²) in [5.74, 6) is -0.0695. The third-order valence-corrected chi connectivity index (χ3v) is 5.03. The Bertz CT molecular complexity index is 614. The second-order valence-electron chi connectivity index (χ2n) is 5.75. The number of rotatable bonds is 6. The molecule has 0 fully saturated rings. The van der Waals surface area contributed by atoms with E-state index in [0.717, 1.165) is 10.6 Å². The number of hydrogen-bond donors (Lipinski definition) is 1.